The van der Waals surface area contributed by atoms with Gasteiger partial charge in [-0.05, 0) is 74.3 Å². The Balaban J connectivity index is 1.62. The number of benzene rings is 2. The SMILES string of the molecule is C=CC(=O)Nc1cccc(CCN2CC(c3c(Cl)c(OC)cc(OC)c3Cl)=Cc3cnc(NCCCCN(CC)CC)nc32)c1. The summed E-state index contributed by atoms with van der Waals surface area (Å²) in [6.07, 6.45) is 7.94. The monoisotopic (exact) mass is 652 g/mol. The first kappa shape index (κ1) is 34.1. The van der Waals surface area contributed by atoms with Crippen LogP contribution in [-0.2, 0) is 11.2 Å². The van der Waals surface area contributed by atoms with Crippen LogP contribution < -0.4 is 25.0 Å². The summed E-state index contributed by atoms with van der Waals surface area (Å²) in [7, 11) is 3.12. The number of fused-ring (bicyclic) bond motifs is 1. The van der Waals surface area contributed by atoms with E-state index < -0.39 is 0 Å². The zero-order chi connectivity index (χ0) is 32.3. The van der Waals surface area contributed by atoms with E-state index in [4.69, 9.17) is 37.7 Å². The number of hydrogen-bond acceptors (Lipinski definition) is 8. The number of amides is 1. The van der Waals surface area contributed by atoms with Gasteiger partial charge in [-0.1, -0.05) is 55.8 Å². The Labute approximate surface area is 276 Å². The molecule has 2 heterocycles. The zero-order valence-corrected chi connectivity index (χ0v) is 28.0. The van der Waals surface area contributed by atoms with E-state index in [0.717, 1.165) is 61.5 Å². The van der Waals surface area contributed by atoms with Gasteiger partial charge in [-0.25, -0.2) is 4.98 Å². The molecule has 11 heteroatoms. The predicted octanol–water partition coefficient (Wildman–Crippen LogP) is 7.06. The average molecular weight is 654 g/mol. The maximum Gasteiger partial charge on any atom is 0.247 e. The molecule has 1 amide bonds. The maximum absolute atomic E-state index is 11.8. The molecule has 1 aromatic heterocycles. The summed E-state index contributed by atoms with van der Waals surface area (Å²) in [4.78, 5) is 26.1. The van der Waals surface area contributed by atoms with Crippen molar-refractivity contribution in [2.75, 3.05) is 69.0 Å². The quantitative estimate of drug-likeness (QED) is 0.125. The van der Waals surface area contributed by atoms with E-state index in [2.05, 4.69) is 45.8 Å². The van der Waals surface area contributed by atoms with Gasteiger partial charge in [-0.2, -0.15) is 4.98 Å². The number of nitrogens with zero attached hydrogens (tertiary/aromatic N) is 4. The van der Waals surface area contributed by atoms with Gasteiger partial charge in [-0.15, -0.1) is 0 Å². The van der Waals surface area contributed by atoms with Crippen LogP contribution in [0.1, 0.15) is 43.4 Å². The van der Waals surface area contributed by atoms with E-state index >= 15 is 0 Å². The van der Waals surface area contributed by atoms with E-state index in [0.29, 0.717) is 58.3 Å². The standard InChI is InChI=1S/C34H42Cl2N6O3/c1-6-29(43)39-26-13-11-12-23(18-26)14-17-42-22-25(30-31(35)27(44-4)20-28(45-5)32(30)36)19-24-21-38-34(40-33(24)42)37-15-9-10-16-41(7-2)8-3/h6,11-13,18-21H,1,7-10,14-17,22H2,2-5H3,(H,39,43)(H,37,38,40). The van der Waals surface area contributed by atoms with Crippen molar-refractivity contribution in [2.24, 2.45) is 0 Å². The maximum atomic E-state index is 11.8. The van der Waals surface area contributed by atoms with Crippen LogP contribution in [0.2, 0.25) is 10.0 Å². The van der Waals surface area contributed by atoms with Gasteiger partial charge in [0.05, 0.1) is 24.3 Å². The summed E-state index contributed by atoms with van der Waals surface area (Å²) in [5.74, 6) is 2.10. The number of carbonyl (C=O) groups excluding carboxylic acids is 1. The van der Waals surface area contributed by atoms with Crippen molar-refractivity contribution in [3.63, 3.8) is 0 Å². The molecule has 0 spiro atoms. The molecular formula is C34H42Cl2N6O3. The molecule has 0 saturated carbocycles. The van der Waals surface area contributed by atoms with Crippen molar-refractivity contribution >= 4 is 58.2 Å². The second-order valence-electron chi connectivity index (χ2n) is 10.7. The molecule has 1 aliphatic rings. The smallest absolute Gasteiger partial charge is 0.247 e. The molecule has 0 radical (unpaired) electrons. The molecule has 3 aromatic rings. The van der Waals surface area contributed by atoms with Gasteiger partial charge in [0.25, 0.3) is 0 Å². The van der Waals surface area contributed by atoms with Gasteiger partial charge in [0, 0.05) is 48.7 Å². The first-order valence-electron chi connectivity index (χ1n) is 15.2. The summed E-state index contributed by atoms with van der Waals surface area (Å²) in [5.41, 5.74) is 4.17. The Hall–Kier alpha value is -3.79. The van der Waals surface area contributed by atoms with E-state index in [9.17, 15) is 4.79 Å². The fraction of sp³-hybridized carbons (Fsp3) is 0.382. The highest BCUT2D eigenvalue weighted by Crippen LogP contribution is 2.46. The Morgan fingerprint density at radius 2 is 1.84 bits per heavy atom. The van der Waals surface area contributed by atoms with Crippen molar-refractivity contribution in [3.8, 4) is 11.5 Å². The van der Waals surface area contributed by atoms with E-state index in [1.54, 1.807) is 20.3 Å². The van der Waals surface area contributed by atoms with Crippen LogP contribution in [0.25, 0.3) is 11.6 Å². The minimum absolute atomic E-state index is 0.251. The van der Waals surface area contributed by atoms with Crippen molar-refractivity contribution in [1.29, 1.82) is 0 Å². The Kier molecular flexibility index (Phi) is 12.5. The van der Waals surface area contributed by atoms with Crippen molar-refractivity contribution in [3.05, 3.63) is 75.9 Å². The van der Waals surface area contributed by atoms with Gasteiger partial charge in [0.15, 0.2) is 0 Å². The number of anilines is 3. The van der Waals surface area contributed by atoms with Gasteiger partial charge >= 0.3 is 0 Å². The van der Waals surface area contributed by atoms with E-state index in [-0.39, 0.29) is 5.91 Å². The van der Waals surface area contributed by atoms with Gasteiger partial charge in [0.2, 0.25) is 11.9 Å². The lowest BCUT2D eigenvalue weighted by Crippen LogP contribution is -2.32. The van der Waals surface area contributed by atoms with Crippen LogP contribution in [0.15, 0.2) is 49.2 Å². The Morgan fingerprint density at radius 1 is 1.11 bits per heavy atom. The zero-order valence-electron chi connectivity index (χ0n) is 26.5. The number of methoxy groups -OCH3 is 2. The number of ether oxygens (including phenoxy) is 2. The number of hydrogen-bond donors (Lipinski definition) is 2. The van der Waals surface area contributed by atoms with Crippen LogP contribution in [-0.4, -0.2) is 74.3 Å². The largest absolute Gasteiger partial charge is 0.495 e. The second-order valence-corrected chi connectivity index (χ2v) is 11.4. The van der Waals surface area contributed by atoms with E-state index in [1.807, 2.05) is 36.5 Å². The molecule has 0 aliphatic carbocycles. The molecule has 0 bridgehead atoms. The van der Waals surface area contributed by atoms with E-state index in [1.165, 1.54) is 6.08 Å². The van der Waals surface area contributed by atoms with Crippen molar-refractivity contribution in [1.82, 2.24) is 14.9 Å². The number of unbranched alkanes of at least 4 members (excludes halogenated alkanes) is 1. The minimum atomic E-state index is -0.251. The average Bonchev–Trinajstić information content (AvgIpc) is 3.05. The molecule has 240 valence electrons. The van der Waals surface area contributed by atoms with Crippen LogP contribution in [0, 0.1) is 0 Å². The van der Waals surface area contributed by atoms with Crippen LogP contribution >= 0.6 is 23.2 Å². The number of carbonyl (C=O) groups is 1. The lowest BCUT2D eigenvalue weighted by molar-refractivity contribution is -0.111. The molecule has 0 unspecified atom stereocenters. The summed E-state index contributed by atoms with van der Waals surface area (Å²) in [6.45, 7) is 13.1. The third-order valence-corrected chi connectivity index (χ3v) is 8.56. The van der Waals surface area contributed by atoms with Crippen LogP contribution in [0.4, 0.5) is 17.5 Å². The Bertz CT molecular complexity index is 1500. The molecule has 0 atom stereocenters. The third-order valence-electron chi connectivity index (χ3n) is 7.81. The summed E-state index contributed by atoms with van der Waals surface area (Å²) < 4.78 is 11.1. The Morgan fingerprint density at radius 3 is 2.51 bits per heavy atom. The molecule has 4 rings (SSSR count). The van der Waals surface area contributed by atoms with Crippen LogP contribution in [0.5, 0.6) is 11.5 Å². The molecule has 1 aliphatic heterocycles. The highest BCUT2D eigenvalue weighted by molar-refractivity contribution is 6.39. The van der Waals surface area contributed by atoms with Gasteiger partial charge in [0.1, 0.15) is 17.3 Å². The molecule has 0 saturated heterocycles. The number of aromatic nitrogens is 2. The molecule has 9 nitrogen and oxygen atoms in total. The van der Waals surface area contributed by atoms with Gasteiger partial charge in [-0.3, -0.25) is 4.79 Å². The summed E-state index contributed by atoms with van der Waals surface area (Å²) in [6, 6.07) is 9.47. The highest BCUT2D eigenvalue weighted by Gasteiger charge is 2.27. The number of halogens is 2. The molecule has 2 aromatic carbocycles. The predicted molar refractivity (Wildman–Crippen MR) is 186 cm³/mol. The second kappa shape index (κ2) is 16.5. The van der Waals surface area contributed by atoms with Crippen molar-refractivity contribution < 1.29 is 14.3 Å². The molecule has 0 fully saturated rings. The highest BCUT2D eigenvalue weighted by atomic mass is 35.5. The fourth-order valence-corrected chi connectivity index (χ4v) is 6.05. The van der Waals surface area contributed by atoms with Crippen molar-refractivity contribution in [2.45, 2.75) is 33.1 Å². The summed E-state index contributed by atoms with van der Waals surface area (Å²) >= 11 is 13.7. The first-order valence-corrected chi connectivity index (χ1v) is 16.0. The number of rotatable bonds is 16. The van der Waals surface area contributed by atoms with Crippen LogP contribution in [0.3, 0.4) is 0 Å². The molecule has 45 heavy (non-hydrogen) atoms. The normalized spacial score (nSPS) is 12.4. The fourth-order valence-electron chi connectivity index (χ4n) is 5.30. The minimum Gasteiger partial charge on any atom is -0.495 e. The topological polar surface area (TPSA) is 91.9 Å². The summed E-state index contributed by atoms with van der Waals surface area (Å²) in [5, 5.41) is 7.06. The first-order chi connectivity index (χ1) is 21.8. The molecule has 2 N–H and O–H groups in total. The van der Waals surface area contributed by atoms with Gasteiger partial charge < -0.3 is 29.9 Å². The lowest BCUT2D eigenvalue weighted by atomic mass is 9.98. The number of nitrogens with one attached hydrogen (secondary N) is 2. The lowest BCUT2D eigenvalue weighted by Gasteiger charge is -2.31. The third kappa shape index (κ3) is 8.69. The molecular weight excluding hydrogens is 611 g/mol.